The second-order valence-electron chi connectivity index (χ2n) is 5.70. The number of aromatic nitrogens is 2. The van der Waals surface area contributed by atoms with Crippen LogP contribution in [0.4, 0.5) is 0 Å². The van der Waals surface area contributed by atoms with E-state index in [1.165, 1.54) is 38.3 Å². The van der Waals surface area contributed by atoms with E-state index in [1.807, 2.05) is 19.3 Å². The Kier molecular flexibility index (Phi) is 3.31. The molecule has 0 N–H and O–H groups in total. The summed E-state index contributed by atoms with van der Waals surface area (Å²) in [7, 11) is 0. The second-order valence-corrected chi connectivity index (χ2v) is 5.70. The van der Waals surface area contributed by atoms with Crippen LogP contribution >= 0.6 is 0 Å². The summed E-state index contributed by atoms with van der Waals surface area (Å²) < 4.78 is 0. The molecule has 0 aliphatic carbocycles. The van der Waals surface area contributed by atoms with E-state index < -0.39 is 0 Å². The van der Waals surface area contributed by atoms with Crippen molar-refractivity contribution >= 4 is 0 Å². The molecule has 1 aromatic rings. The number of nitrogens with zero attached hydrogens (tertiary/aromatic N) is 4. The van der Waals surface area contributed by atoms with Crippen molar-refractivity contribution in [3.05, 3.63) is 23.8 Å². The van der Waals surface area contributed by atoms with Crippen molar-refractivity contribution < 1.29 is 0 Å². The summed E-state index contributed by atoms with van der Waals surface area (Å²) in [6.07, 6.45) is 3.93. The minimum absolute atomic E-state index is 0.857. The first kappa shape index (κ1) is 12.1. The van der Waals surface area contributed by atoms with E-state index >= 15 is 0 Å². The van der Waals surface area contributed by atoms with Crippen molar-refractivity contribution in [1.29, 1.82) is 0 Å². The SMILES string of the molecule is CCN1CC2CN(Cc3cnc(C)nc3)CC2C1. The fourth-order valence-corrected chi connectivity index (χ4v) is 3.33. The van der Waals surface area contributed by atoms with Gasteiger partial charge in [-0.15, -0.1) is 0 Å². The molecular weight excluding hydrogens is 224 g/mol. The number of likely N-dealkylation sites (tertiary alicyclic amines) is 2. The van der Waals surface area contributed by atoms with Crippen LogP contribution in [0.15, 0.2) is 12.4 Å². The molecule has 2 saturated heterocycles. The van der Waals surface area contributed by atoms with Gasteiger partial charge in [-0.25, -0.2) is 9.97 Å². The summed E-state index contributed by atoms with van der Waals surface area (Å²) in [6, 6.07) is 0. The molecule has 2 aliphatic rings. The highest BCUT2D eigenvalue weighted by Gasteiger charge is 2.39. The molecule has 4 nitrogen and oxygen atoms in total. The predicted molar refractivity (Wildman–Crippen MR) is 71.1 cm³/mol. The average molecular weight is 246 g/mol. The van der Waals surface area contributed by atoms with Crippen LogP contribution in [0.1, 0.15) is 18.3 Å². The van der Waals surface area contributed by atoms with Crippen LogP contribution in [-0.4, -0.2) is 52.5 Å². The van der Waals surface area contributed by atoms with Crippen LogP contribution in [0.25, 0.3) is 0 Å². The van der Waals surface area contributed by atoms with Crippen molar-refractivity contribution in [2.75, 3.05) is 32.7 Å². The highest BCUT2D eigenvalue weighted by molar-refractivity contribution is 5.06. The molecule has 18 heavy (non-hydrogen) atoms. The Morgan fingerprint density at radius 3 is 2.17 bits per heavy atom. The number of hydrogen-bond donors (Lipinski definition) is 0. The fraction of sp³-hybridized carbons (Fsp3) is 0.714. The molecule has 0 amide bonds. The monoisotopic (exact) mass is 246 g/mol. The molecule has 2 fully saturated rings. The van der Waals surface area contributed by atoms with Gasteiger partial charge < -0.3 is 4.90 Å². The summed E-state index contributed by atoms with van der Waals surface area (Å²) in [5, 5.41) is 0. The van der Waals surface area contributed by atoms with Crippen LogP contribution < -0.4 is 0 Å². The Bertz CT molecular complexity index is 389. The Balaban J connectivity index is 1.56. The van der Waals surface area contributed by atoms with Crippen molar-refractivity contribution in [3.63, 3.8) is 0 Å². The van der Waals surface area contributed by atoms with E-state index in [2.05, 4.69) is 26.7 Å². The number of hydrogen-bond acceptors (Lipinski definition) is 4. The lowest BCUT2D eigenvalue weighted by molar-refractivity contribution is 0.256. The minimum atomic E-state index is 0.857. The second kappa shape index (κ2) is 4.94. The molecule has 0 radical (unpaired) electrons. The summed E-state index contributed by atoms with van der Waals surface area (Å²) in [5.41, 5.74) is 1.24. The maximum absolute atomic E-state index is 4.27. The largest absolute Gasteiger partial charge is 0.303 e. The zero-order valence-electron chi connectivity index (χ0n) is 11.3. The van der Waals surface area contributed by atoms with Gasteiger partial charge in [0.1, 0.15) is 5.82 Å². The van der Waals surface area contributed by atoms with E-state index in [9.17, 15) is 0 Å². The van der Waals surface area contributed by atoms with Gasteiger partial charge in [-0.05, 0) is 25.3 Å². The highest BCUT2D eigenvalue weighted by Crippen LogP contribution is 2.31. The molecular formula is C14H22N4. The molecule has 1 aromatic heterocycles. The van der Waals surface area contributed by atoms with Crippen LogP contribution in [-0.2, 0) is 6.54 Å². The minimum Gasteiger partial charge on any atom is -0.303 e. The molecule has 0 spiro atoms. The molecule has 0 saturated carbocycles. The fourth-order valence-electron chi connectivity index (χ4n) is 3.33. The lowest BCUT2D eigenvalue weighted by atomic mass is 10.0. The summed E-state index contributed by atoms with van der Waals surface area (Å²) in [4.78, 5) is 13.7. The van der Waals surface area contributed by atoms with Crippen molar-refractivity contribution in [2.45, 2.75) is 20.4 Å². The van der Waals surface area contributed by atoms with Crippen LogP contribution in [0.3, 0.4) is 0 Å². The van der Waals surface area contributed by atoms with Gasteiger partial charge in [0.15, 0.2) is 0 Å². The Morgan fingerprint density at radius 1 is 1.06 bits per heavy atom. The molecule has 4 heteroatoms. The average Bonchev–Trinajstić information content (AvgIpc) is 2.89. The number of rotatable bonds is 3. The zero-order chi connectivity index (χ0) is 12.5. The highest BCUT2D eigenvalue weighted by atomic mass is 15.2. The van der Waals surface area contributed by atoms with E-state index in [0.29, 0.717) is 0 Å². The third-order valence-electron chi connectivity index (χ3n) is 4.33. The Morgan fingerprint density at radius 2 is 1.61 bits per heavy atom. The van der Waals surface area contributed by atoms with Gasteiger partial charge in [-0.3, -0.25) is 4.90 Å². The van der Waals surface area contributed by atoms with Gasteiger partial charge in [-0.2, -0.15) is 0 Å². The van der Waals surface area contributed by atoms with Gasteiger partial charge >= 0.3 is 0 Å². The van der Waals surface area contributed by atoms with Gasteiger partial charge in [0.25, 0.3) is 0 Å². The van der Waals surface area contributed by atoms with Crippen LogP contribution in [0, 0.1) is 18.8 Å². The van der Waals surface area contributed by atoms with E-state index in [1.54, 1.807) is 0 Å². The van der Waals surface area contributed by atoms with E-state index in [4.69, 9.17) is 0 Å². The zero-order valence-corrected chi connectivity index (χ0v) is 11.3. The topological polar surface area (TPSA) is 32.3 Å². The standard InChI is InChI=1S/C14H22N4/c1-3-17-7-13-9-18(10-14(13)8-17)6-12-4-15-11(2)16-5-12/h4-5,13-14H,3,6-10H2,1-2H3. The number of aryl methyl sites for hydroxylation is 1. The van der Waals surface area contributed by atoms with E-state index in [0.717, 1.165) is 24.2 Å². The summed E-state index contributed by atoms with van der Waals surface area (Å²) in [5.74, 6) is 2.63. The summed E-state index contributed by atoms with van der Waals surface area (Å²) in [6.45, 7) is 11.5. The molecule has 3 heterocycles. The lowest BCUT2D eigenvalue weighted by Crippen LogP contribution is -2.28. The Hall–Kier alpha value is -1.00. The maximum atomic E-state index is 4.27. The van der Waals surface area contributed by atoms with Gasteiger partial charge in [0, 0.05) is 50.7 Å². The van der Waals surface area contributed by atoms with Gasteiger partial charge in [0.05, 0.1) is 0 Å². The van der Waals surface area contributed by atoms with E-state index in [-0.39, 0.29) is 0 Å². The van der Waals surface area contributed by atoms with Crippen molar-refractivity contribution in [3.8, 4) is 0 Å². The number of fused-ring (bicyclic) bond motifs is 1. The molecule has 0 bridgehead atoms. The first-order valence-corrected chi connectivity index (χ1v) is 6.97. The molecule has 98 valence electrons. The van der Waals surface area contributed by atoms with Crippen molar-refractivity contribution in [2.24, 2.45) is 11.8 Å². The third kappa shape index (κ3) is 2.40. The smallest absolute Gasteiger partial charge is 0.125 e. The predicted octanol–water partition coefficient (Wildman–Crippen LogP) is 1.17. The molecule has 2 unspecified atom stereocenters. The molecule has 0 aromatic carbocycles. The van der Waals surface area contributed by atoms with Crippen molar-refractivity contribution in [1.82, 2.24) is 19.8 Å². The normalized spacial score (nSPS) is 28.8. The third-order valence-corrected chi connectivity index (χ3v) is 4.33. The Labute approximate surface area is 109 Å². The van der Waals surface area contributed by atoms with Crippen LogP contribution in [0.5, 0.6) is 0 Å². The molecule has 3 rings (SSSR count). The van der Waals surface area contributed by atoms with Crippen LogP contribution in [0.2, 0.25) is 0 Å². The van der Waals surface area contributed by atoms with Gasteiger partial charge in [-0.1, -0.05) is 6.92 Å². The first-order chi connectivity index (χ1) is 8.74. The van der Waals surface area contributed by atoms with Gasteiger partial charge in [0.2, 0.25) is 0 Å². The quantitative estimate of drug-likeness (QED) is 0.801. The molecule has 2 atom stereocenters. The lowest BCUT2D eigenvalue weighted by Gasteiger charge is -2.20. The summed E-state index contributed by atoms with van der Waals surface area (Å²) >= 11 is 0. The first-order valence-electron chi connectivity index (χ1n) is 6.97. The maximum Gasteiger partial charge on any atom is 0.125 e. The molecule has 2 aliphatic heterocycles.